The smallest absolute Gasteiger partial charge is 0.225 e. The Kier molecular flexibility index (Phi) is 5.08. The number of nitrogens with zero attached hydrogens (tertiary/aromatic N) is 2. The molecule has 3 N–H and O–H groups in total. The van der Waals surface area contributed by atoms with Gasteiger partial charge in [-0.1, -0.05) is 30.3 Å². The lowest BCUT2D eigenvalue weighted by Crippen LogP contribution is -2.21. The molecule has 5 heteroatoms. The van der Waals surface area contributed by atoms with Crippen molar-refractivity contribution in [1.82, 2.24) is 9.97 Å². The average molecular weight is 312 g/mol. The minimum absolute atomic E-state index is 0.0541. The van der Waals surface area contributed by atoms with Gasteiger partial charge in [0.1, 0.15) is 5.82 Å². The molecule has 1 atom stereocenters. The first-order valence-electron chi connectivity index (χ1n) is 8.29. The SMILES string of the molecule is C[C@@H](CO)Nc1nc(NCCc2ccccc2)cc(C2CC2)n1. The van der Waals surface area contributed by atoms with Crippen LogP contribution in [0.5, 0.6) is 0 Å². The van der Waals surface area contributed by atoms with Gasteiger partial charge in [0.2, 0.25) is 5.95 Å². The number of rotatable bonds is 8. The molecule has 23 heavy (non-hydrogen) atoms. The first kappa shape index (κ1) is 15.7. The largest absolute Gasteiger partial charge is 0.394 e. The molecule has 1 fully saturated rings. The number of aliphatic hydroxyl groups is 1. The van der Waals surface area contributed by atoms with E-state index in [0.717, 1.165) is 24.5 Å². The molecular weight excluding hydrogens is 288 g/mol. The Labute approximate surface area is 137 Å². The number of nitrogens with one attached hydrogen (secondary N) is 2. The second-order valence-electron chi connectivity index (χ2n) is 6.17. The topological polar surface area (TPSA) is 70.1 Å². The monoisotopic (exact) mass is 312 g/mol. The van der Waals surface area contributed by atoms with Crippen molar-refractivity contribution in [2.45, 2.75) is 38.1 Å². The molecule has 1 aliphatic rings. The van der Waals surface area contributed by atoms with E-state index in [1.165, 1.54) is 18.4 Å². The van der Waals surface area contributed by atoms with Crippen molar-refractivity contribution in [1.29, 1.82) is 0 Å². The lowest BCUT2D eigenvalue weighted by Gasteiger charge is -2.14. The van der Waals surface area contributed by atoms with E-state index in [1.54, 1.807) is 0 Å². The fourth-order valence-electron chi connectivity index (χ4n) is 2.45. The quantitative estimate of drug-likeness (QED) is 0.699. The number of anilines is 2. The van der Waals surface area contributed by atoms with Crippen LogP contribution in [0.3, 0.4) is 0 Å². The predicted molar refractivity (Wildman–Crippen MR) is 92.8 cm³/mol. The molecule has 122 valence electrons. The molecule has 1 aromatic carbocycles. The highest BCUT2D eigenvalue weighted by molar-refractivity contribution is 5.44. The second kappa shape index (κ2) is 7.42. The summed E-state index contributed by atoms with van der Waals surface area (Å²) in [4.78, 5) is 9.09. The first-order chi connectivity index (χ1) is 11.2. The Hall–Kier alpha value is -2.14. The highest BCUT2D eigenvalue weighted by Crippen LogP contribution is 2.39. The molecule has 1 saturated carbocycles. The molecule has 3 rings (SSSR count). The third-order valence-electron chi connectivity index (χ3n) is 3.95. The van der Waals surface area contributed by atoms with Gasteiger partial charge in [0.15, 0.2) is 0 Å². The van der Waals surface area contributed by atoms with Gasteiger partial charge in [0.05, 0.1) is 12.3 Å². The third kappa shape index (κ3) is 4.66. The summed E-state index contributed by atoms with van der Waals surface area (Å²) in [6.07, 6.45) is 3.37. The standard InChI is InChI=1S/C18H24N4O/c1-13(12-23)20-18-21-16(15-7-8-15)11-17(22-18)19-10-9-14-5-3-2-4-6-14/h2-6,11,13,15,23H,7-10,12H2,1H3,(H2,19,20,21,22)/t13-/m0/s1. The summed E-state index contributed by atoms with van der Waals surface area (Å²) >= 11 is 0. The molecule has 0 unspecified atom stereocenters. The minimum atomic E-state index is -0.0541. The molecule has 2 aromatic rings. The van der Waals surface area contributed by atoms with Crippen molar-refractivity contribution in [3.63, 3.8) is 0 Å². The second-order valence-corrected chi connectivity index (χ2v) is 6.17. The molecule has 5 nitrogen and oxygen atoms in total. The van der Waals surface area contributed by atoms with Gasteiger partial charge in [0, 0.05) is 24.6 Å². The summed E-state index contributed by atoms with van der Waals surface area (Å²) in [5.41, 5.74) is 2.40. The maximum atomic E-state index is 9.19. The van der Waals surface area contributed by atoms with Crippen LogP contribution in [0.15, 0.2) is 36.4 Å². The molecule has 0 radical (unpaired) electrons. The van der Waals surface area contributed by atoms with Gasteiger partial charge in [0.25, 0.3) is 0 Å². The molecular formula is C18H24N4O. The zero-order valence-electron chi connectivity index (χ0n) is 13.5. The van der Waals surface area contributed by atoms with Gasteiger partial charge < -0.3 is 15.7 Å². The Balaban J connectivity index is 1.65. The predicted octanol–water partition coefficient (Wildman–Crippen LogP) is 2.80. The van der Waals surface area contributed by atoms with Crippen molar-refractivity contribution in [2.24, 2.45) is 0 Å². The molecule has 1 aliphatic carbocycles. The van der Waals surface area contributed by atoms with E-state index < -0.39 is 0 Å². The van der Waals surface area contributed by atoms with Gasteiger partial charge in [-0.2, -0.15) is 4.98 Å². The Morgan fingerprint density at radius 2 is 2.00 bits per heavy atom. The molecule has 1 heterocycles. The van der Waals surface area contributed by atoms with Crippen molar-refractivity contribution < 1.29 is 5.11 Å². The van der Waals surface area contributed by atoms with E-state index in [1.807, 2.05) is 13.0 Å². The highest BCUT2D eigenvalue weighted by atomic mass is 16.3. The third-order valence-corrected chi connectivity index (χ3v) is 3.95. The normalized spacial score (nSPS) is 15.2. The number of aromatic nitrogens is 2. The van der Waals surface area contributed by atoms with E-state index in [2.05, 4.69) is 50.9 Å². The summed E-state index contributed by atoms with van der Waals surface area (Å²) in [6, 6.07) is 12.4. The number of aliphatic hydroxyl groups excluding tert-OH is 1. The number of benzene rings is 1. The fraction of sp³-hybridized carbons (Fsp3) is 0.444. The summed E-state index contributed by atoms with van der Waals surface area (Å²) in [6.45, 7) is 2.81. The Morgan fingerprint density at radius 3 is 2.70 bits per heavy atom. The van der Waals surface area contributed by atoms with E-state index in [4.69, 9.17) is 0 Å². The van der Waals surface area contributed by atoms with Crippen LogP contribution < -0.4 is 10.6 Å². The number of hydrogen-bond donors (Lipinski definition) is 3. The van der Waals surface area contributed by atoms with Crippen LogP contribution in [-0.4, -0.2) is 34.3 Å². The van der Waals surface area contributed by atoms with Crippen molar-refractivity contribution in [3.05, 3.63) is 47.7 Å². The zero-order valence-corrected chi connectivity index (χ0v) is 13.5. The summed E-state index contributed by atoms with van der Waals surface area (Å²) in [5, 5.41) is 15.7. The van der Waals surface area contributed by atoms with Crippen LogP contribution in [0.2, 0.25) is 0 Å². The molecule has 0 saturated heterocycles. The van der Waals surface area contributed by atoms with Gasteiger partial charge in [-0.25, -0.2) is 4.98 Å². The molecule has 0 spiro atoms. The summed E-state index contributed by atoms with van der Waals surface area (Å²) in [7, 11) is 0. The van der Waals surface area contributed by atoms with E-state index in [-0.39, 0.29) is 12.6 Å². The van der Waals surface area contributed by atoms with Crippen molar-refractivity contribution in [3.8, 4) is 0 Å². The zero-order chi connectivity index (χ0) is 16.1. The molecule has 0 amide bonds. The van der Waals surface area contributed by atoms with Crippen LogP contribution in [0.25, 0.3) is 0 Å². The minimum Gasteiger partial charge on any atom is -0.394 e. The lowest BCUT2D eigenvalue weighted by atomic mass is 10.1. The van der Waals surface area contributed by atoms with Crippen LogP contribution in [0.4, 0.5) is 11.8 Å². The number of hydrogen-bond acceptors (Lipinski definition) is 5. The molecule has 1 aromatic heterocycles. The van der Waals surface area contributed by atoms with Gasteiger partial charge in [-0.3, -0.25) is 0 Å². The van der Waals surface area contributed by atoms with E-state index in [9.17, 15) is 5.11 Å². The van der Waals surface area contributed by atoms with Crippen LogP contribution in [0.1, 0.15) is 36.9 Å². The molecule has 0 aliphatic heterocycles. The van der Waals surface area contributed by atoms with Gasteiger partial charge >= 0.3 is 0 Å². The van der Waals surface area contributed by atoms with E-state index in [0.29, 0.717) is 11.9 Å². The van der Waals surface area contributed by atoms with Crippen molar-refractivity contribution in [2.75, 3.05) is 23.8 Å². The van der Waals surface area contributed by atoms with Gasteiger partial charge in [-0.05, 0) is 31.7 Å². The average Bonchev–Trinajstić information content (AvgIpc) is 3.40. The Morgan fingerprint density at radius 1 is 1.22 bits per heavy atom. The van der Waals surface area contributed by atoms with Crippen molar-refractivity contribution >= 4 is 11.8 Å². The van der Waals surface area contributed by atoms with Crippen LogP contribution >= 0.6 is 0 Å². The van der Waals surface area contributed by atoms with Crippen LogP contribution in [0, 0.1) is 0 Å². The molecule has 0 bridgehead atoms. The summed E-state index contributed by atoms with van der Waals surface area (Å²) in [5.74, 6) is 2.02. The lowest BCUT2D eigenvalue weighted by molar-refractivity contribution is 0.281. The maximum absolute atomic E-state index is 9.19. The maximum Gasteiger partial charge on any atom is 0.225 e. The van der Waals surface area contributed by atoms with Gasteiger partial charge in [-0.15, -0.1) is 0 Å². The Bertz CT molecular complexity index is 628. The van der Waals surface area contributed by atoms with E-state index >= 15 is 0 Å². The highest BCUT2D eigenvalue weighted by Gasteiger charge is 2.26. The van der Waals surface area contributed by atoms with Crippen LogP contribution in [-0.2, 0) is 6.42 Å². The first-order valence-corrected chi connectivity index (χ1v) is 8.29. The fourth-order valence-corrected chi connectivity index (χ4v) is 2.45. The summed E-state index contributed by atoms with van der Waals surface area (Å²) < 4.78 is 0.